The molecule has 0 N–H and O–H groups in total. The molecule has 0 aliphatic carbocycles. The summed E-state index contributed by atoms with van der Waals surface area (Å²) in [5.41, 5.74) is -0.298. The molecule has 0 unspecified atom stereocenters. The van der Waals surface area contributed by atoms with Gasteiger partial charge in [-0.2, -0.15) is 0 Å². The highest BCUT2D eigenvalue weighted by Gasteiger charge is 2.24. The lowest BCUT2D eigenvalue weighted by Gasteiger charge is -2.23. The van der Waals surface area contributed by atoms with Gasteiger partial charge in [-0.25, -0.2) is 9.97 Å². The zero-order chi connectivity index (χ0) is 21.9. The maximum absolute atomic E-state index is 11.2. The van der Waals surface area contributed by atoms with E-state index in [0.29, 0.717) is 17.1 Å². The molecule has 1 aromatic carbocycles. The van der Waals surface area contributed by atoms with Crippen molar-refractivity contribution in [1.82, 2.24) is 9.97 Å². The Balaban J connectivity index is 2.00. The molecule has 154 valence electrons. The molecular weight excluding hydrogens is 392 g/mol. The van der Waals surface area contributed by atoms with Gasteiger partial charge in [0.2, 0.25) is 0 Å². The third kappa shape index (κ3) is 4.49. The van der Waals surface area contributed by atoms with Gasteiger partial charge in [-0.1, -0.05) is 20.8 Å². The largest absolute Gasteiger partial charge is 0.434 e. The highest BCUT2D eigenvalue weighted by Crippen LogP contribution is 2.39. The maximum Gasteiger partial charge on any atom is 0.331 e. The van der Waals surface area contributed by atoms with Crippen molar-refractivity contribution in [1.29, 1.82) is 0 Å². The van der Waals surface area contributed by atoms with Crippen LogP contribution in [0.5, 0.6) is 23.3 Å². The Labute approximate surface area is 171 Å². The Hall–Kier alpha value is -4.08. The van der Waals surface area contributed by atoms with E-state index in [2.05, 4.69) is 9.97 Å². The molecule has 30 heavy (non-hydrogen) atoms. The van der Waals surface area contributed by atoms with E-state index in [9.17, 15) is 20.2 Å². The maximum atomic E-state index is 11.2. The van der Waals surface area contributed by atoms with Crippen LogP contribution in [0.2, 0.25) is 0 Å². The van der Waals surface area contributed by atoms with Gasteiger partial charge in [0, 0.05) is 30.1 Å². The number of benzene rings is 1. The topological polar surface area (TPSA) is 131 Å². The highest BCUT2D eigenvalue weighted by atomic mass is 16.6. The molecule has 3 rings (SSSR count). The van der Waals surface area contributed by atoms with Crippen molar-refractivity contribution in [3.8, 4) is 23.3 Å². The number of rotatable bonds is 6. The summed E-state index contributed by atoms with van der Waals surface area (Å²) in [6, 6.07) is 10.3. The molecule has 2 aromatic heterocycles. The fourth-order valence-electron chi connectivity index (χ4n) is 2.66. The molecule has 0 aliphatic heterocycles. The number of aromatic nitrogens is 2. The van der Waals surface area contributed by atoms with E-state index in [4.69, 9.17) is 9.47 Å². The number of pyridine rings is 2. The lowest BCUT2D eigenvalue weighted by atomic mass is 9.86. The van der Waals surface area contributed by atoms with E-state index < -0.39 is 15.3 Å². The quantitative estimate of drug-likeness (QED) is 0.401. The predicted molar refractivity (Wildman–Crippen MR) is 107 cm³/mol. The molecule has 10 nitrogen and oxygen atoms in total. The van der Waals surface area contributed by atoms with Crippen LogP contribution in [0.1, 0.15) is 26.3 Å². The van der Waals surface area contributed by atoms with Crippen LogP contribution in [-0.4, -0.2) is 19.8 Å². The number of nitrogens with zero attached hydrogens (tertiary/aromatic N) is 4. The predicted octanol–water partition coefficient (Wildman–Crippen LogP) is 5.18. The summed E-state index contributed by atoms with van der Waals surface area (Å²) in [4.78, 5) is 29.2. The van der Waals surface area contributed by atoms with Gasteiger partial charge in [-0.05, 0) is 35.7 Å². The van der Waals surface area contributed by atoms with E-state index in [1.54, 1.807) is 12.1 Å². The van der Waals surface area contributed by atoms with Crippen LogP contribution in [-0.2, 0) is 5.41 Å². The fourth-order valence-corrected chi connectivity index (χ4v) is 2.66. The van der Waals surface area contributed by atoms with Crippen LogP contribution in [0.15, 0.2) is 54.9 Å². The van der Waals surface area contributed by atoms with Gasteiger partial charge in [-0.3, -0.25) is 20.2 Å². The Kier molecular flexibility index (Phi) is 5.58. The van der Waals surface area contributed by atoms with Crippen LogP contribution in [0.3, 0.4) is 0 Å². The molecule has 0 radical (unpaired) electrons. The van der Waals surface area contributed by atoms with Crippen LogP contribution in [0.4, 0.5) is 11.4 Å². The minimum Gasteiger partial charge on any atom is -0.434 e. The lowest BCUT2D eigenvalue weighted by Crippen LogP contribution is -2.13. The number of hydrogen-bond donors (Lipinski definition) is 0. The zero-order valence-corrected chi connectivity index (χ0v) is 16.4. The molecule has 0 aliphatic rings. The van der Waals surface area contributed by atoms with Gasteiger partial charge in [-0.15, -0.1) is 0 Å². The van der Waals surface area contributed by atoms with Gasteiger partial charge >= 0.3 is 11.4 Å². The zero-order valence-electron chi connectivity index (χ0n) is 16.4. The highest BCUT2D eigenvalue weighted by molar-refractivity contribution is 5.50. The van der Waals surface area contributed by atoms with E-state index >= 15 is 0 Å². The molecule has 0 saturated carbocycles. The van der Waals surface area contributed by atoms with Gasteiger partial charge < -0.3 is 9.47 Å². The minimum absolute atomic E-state index is 0.137. The van der Waals surface area contributed by atoms with Crippen LogP contribution in [0.25, 0.3) is 0 Å². The monoisotopic (exact) mass is 410 g/mol. The van der Waals surface area contributed by atoms with E-state index in [1.807, 2.05) is 20.8 Å². The second kappa shape index (κ2) is 8.11. The van der Waals surface area contributed by atoms with Gasteiger partial charge in [0.15, 0.2) is 0 Å². The summed E-state index contributed by atoms with van der Waals surface area (Å²) in [6.45, 7) is 5.78. The van der Waals surface area contributed by atoms with E-state index in [-0.39, 0.29) is 23.1 Å². The lowest BCUT2D eigenvalue weighted by molar-refractivity contribution is -0.386. The van der Waals surface area contributed by atoms with Crippen molar-refractivity contribution in [2.45, 2.75) is 26.2 Å². The number of hydrogen-bond acceptors (Lipinski definition) is 8. The Morgan fingerprint density at radius 3 is 1.87 bits per heavy atom. The molecule has 0 saturated heterocycles. The van der Waals surface area contributed by atoms with E-state index in [1.165, 1.54) is 42.7 Å². The fraction of sp³-hybridized carbons (Fsp3) is 0.200. The van der Waals surface area contributed by atoms with Crippen molar-refractivity contribution in [3.63, 3.8) is 0 Å². The normalized spacial score (nSPS) is 11.0. The summed E-state index contributed by atoms with van der Waals surface area (Å²) < 4.78 is 11.4. The Morgan fingerprint density at radius 1 is 0.833 bits per heavy atom. The first kappa shape index (κ1) is 20.6. The number of nitro groups is 2. The summed E-state index contributed by atoms with van der Waals surface area (Å²) in [7, 11) is 0. The summed E-state index contributed by atoms with van der Waals surface area (Å²) >= 11 is 0. The first-order valence-corrected chi connectivity index (χ1v) is 8.86. The smallest absolute Gasteiger partial charge is 0.331 e. The second-order valence-electron chi connectivity index (χ2n) is 7.28. The molecule has 2 heterocycles. The van der Waals surface area contributed by atoms with Crippen molar-refractivity contribution >= 4 is 11.4 Å². The molecule has 0 atom stereocenters. The SMILES string of the molecule is CC(C)(C)c1cc(Oc2ncccc2[N+](=O)[O-])ccc1Oc1ncccc1[N+](=O)[O-]. The Bertz CT molecular complexity index is 1110. The molecular formula is C20H18N4O6. The molecule has 3 aromatic rings. The molecule has 0 fully saturated rings. The van der Waals surface area contributed by atoms with Gasteiger partial charge in [0.1, 0.15) is 11.5 Å². The first-order chi connectivity index (χ1) is 14.2. The summed E-state index contributed by atoms with van der Waals surface area (Å²) in [6.07, 6.45) is 2.79. The van der Waals surface area contributed by atoms with E-state index in [0.717, 1.165) is 0 Å². The average Bonchev–Trinajstić information content (AvgIpc) is 2.69. The van der Waals surface area contributed by atoms with Crippen molar-refractivity contribution < 1.29 is 19.3 Å². The van der Waals surface area contributed by atoms with Gasteiger partial charge in [0.05, 0.1) is 9.85 Å². The molecule has 0 amide bonds. The van der Waals surface area contributed by atoms with Crippen molar-refractivity contribution in [2.75, 3.05) is 0 Å². The van der Waals surface area contributed by atoms with Crippen molar-refractivity contribution in [2.24, 2.45) is 0 Å². The molecule has 0 spiro atoms. The average molecular weight is 410 g/mol. The second-order valence-corrected chi connectivity index (χ2v) is 7.28. The van der Waals surface area contributed by atoms with Crippen LogP contribution >= 0.6 is 0 Å². The van der Waals surface area contributed by atoms with Crippen LogP contribution < -0.4 is 9.47 Å². The third-order valence-corrected chi connectivity index (χ3v) is 4.08. The molecule has 10 heteroatoms. The number of ether oxygens (including phenoxy) is 2. The third-order valence-electron chi connectivity index (χ3n) is 4.08. The van der Waals surface area contributed by atoms with Gasteiger partial charge in [0.25, 0.3) is 11.8 Å². The summed E-state index contributed by atoms with van der Waals surface area (Å²) in [5, 5.41) is 22.4. The minimum atomic E-state index is -0.579. The first-order valence-electron chi connectivity index (χ1n) is 8.86. The van der Waals surface area contributed by atoms with Crippen LogP contribution in [0, 0.1) is 20.2 Å². The van der Waals surface area contributed by atoms with Crippen molar-refractivity contribution in [3.05, 3.63) is 80.7 Å². The molecule has 0 bridgehead atoms. The standard InChI is InChI=1S/C20H18N4O6/c1-20(2,3)14-12-13(29-18-15(23(25)26)6-4-10-21-18)8-9-17(14)30-19-16(24(27)28)7-5-11-22-19/h4-12H,1-3H3. The Morgan fingerprint density at radius 2 is 1.37 bits per heavy atom. The summed E-state index contributed by atoms with van der Waals surface area (Å²) in [5.74, 6) is 0.384.